The highest BCUT2D eigenvalue weighted by Gasteiger charge is 2.11. The average molecular weight is 440 g/mol. The molecule has 0 heterocycles. The Balaban J connectivity index is 1.68. The van der Waals surface area contributed by atoms with Crippen molar-refractivity contribution in [1.29, 1.82) is 0 Å². The van der Waals surface area contributed by atoms with Crippen LogP contribution >= 0.6 is 11.6 Å². The maximum atomic E-state index is 12.2. The normalized spacial score (nSPS) is 10.6. The summed E-state index contributed by atoms with van der Waals surface area (Å²) in [6.07, 6.45) is 1.43. The molecular formula is C22H18ClN3O5. The number of nitrogens with one attached hydrogen (secondary N) is 1. The average Bonchev–Trinajstić information content (AvgIpc) is 2.78. The van der Waals surface area contributed by atoms with Crippen LogP contribution in [-0.2, 0) is 6.61 Å². The van der Waals surface area contributed by atoms with Crippen molar-refractivity contribution in [3.8, 4) is 11.5 Å². The summed E-state index contributed by atoms with van der Waals surface area (Å²) in [6, 6.07) is 17.9. The number of methoxy groups -OCH3 is 1. The number of hydrogen-bond donors (Lipinski definition) is 1. The summed E-state index contributed by atoms with van der Waals surface area (Å²) in [5.74, 6) is 0.449. The van der Waals surface area contributed by atoms with Crippen LogP contribution in [0.15, 0.2) is 71.8 Å². The number of nitro benzene ring substituents is 1. The largest absolute Gasteiger partial charge is 0.493 e. The number of nitrogens with zero attached hydrogens (tertiary/aromatic N) is 2. The van der Waals surface area contributed by atoms with Gasteiger partial charge in [-0.15, -0.1) is 0 Å². The molecule has 9 heteroatoms. The Bertz CT molecular complexity index is 1130. The van der Waals surface area contributed by atoms with Gasteiger partial charge in [0.15, 0.2) is 11.5 Å². The molecule has 31 heavy (non-hydrogen) atoms. The Kier molecular flexibility index (Phi) is 7.18. The molecule has 158 valence electrons. The molecule has 0 radical (unpaired) electrons. The Morgan fingerprint density at radius 2 is 1.94 bits per heavy atom. The number of carbonyl (C=O) groups is 1. The molecule has 8 nitrogen and oxygen atoms in total. The third-order valence-corrected chi connectivity index (χ3v) is 4.60. The van der Waals surface area contributed by atoms with E-state index >= 15 is 0 Å². The molecule has 0 aromatic heterocycles. The standard InChI is InChI=1S/C22H18ClN3O5/c1-30-20-10-9-15(11-21(20)31-14-17-5-2-3-8-19(17)23)13-24-25-22(27)16-6-4-7-18(12-16)26(28)29/h2-13H,14H2,1H3,(H,25,27). The number of hydrogen-bond acceptors (Lipinski definition) is 6. The van der Waals surface area contributed by atoms with Crippen molar-refractivity contribution in [1.82, 2.24) is 5.43 Å². The van der Waals surface area contributed by atoms with E-state index in [9.17, 15) is 14.9 Å². The molecule has 0 fully saturated rings. The van der Waals surface area contributed by atoms with E-state index in [0.717, 1.165) is 5.56 Å². The molecule has 1 amide bonds. The van der Waals surface area contributed by atoms with Gasteiger partial charge in [0.25, 0.3) is 11.6 Å². The zero-order valence-electron chi connectivity index (χ0n) is 16.4. The van der Waals surface area contributed by atoms with E-state index in [1.807, 2.05) is 18.2 Å². The zero-order valence-corrected chi connectivity index (χ0v) is 17.2. The second kappa shape index (κ2) is 10.2. The molecule has 3 rings (SSSR count). The number of rotatable bonds is 8. The van der Waals surface area contributed by atoms with Gasteiger partial charge >= 0.3 is 0 Å². The van der Waals surface area contributed by atoms with Crippen molar-refractivity contribution in [2.24, 2.45) is 5.10 Å². The number of amides is 1. The summed E-state index contributed by atoms with van der Waals surface area (Å²) in [7, 11) is 1.53. The number of nitro groups is 1. The first-order valence-corrected chi connectivity index (χ1v) is 9.48. The van der Waals surface area contributed by atoms with Crippen molar-refractivity contribution in [3.63, 3.8) is 0 Å². The van der Waals surface area contributed by atoms with E-state index < -0.39 is 10.8 Å². The minimum absolute atomic E-state index is 0.129. The van der Waals surface area contributed by atoms with Crippen molar-refractivity contribution in [3.05, 3.63) is 98.6 Å². The van der Waals surface area contributed by atoms with Crippen LogP contribution in [0.25, 0.3) is 0 Å². The van der Waals surface area contributed by atoms with Crippen LogP contribution in [0, 0.1) is 10.1 Å². The Hall–Kier alpha value is -3.91. The van der Waals surface area contributed by atoms with Crippen LogP contribution in [0.5, 0.6) is 11.5 Å². The third-order valence-electron chi connectivity index (χ3n) is 4.23. The zero-order chi connectivity index (χ0) is 22.2. The Morgan fingerprint density at radius 1 is 1.13 bits per heavy atom. The van der Waals surface area contributed by atoms with Crippen LogP contribution < -0.4 is 14.9 Å². The van der Waals surface area contributed by atoms with Gasteiger partial charge in [-0.3, -0.25) is 14.9 Å². The quantitative estimate of drug-likeness (QED) is 0.314. The summed E-state index contributed by atoms with van der Waals surface area (Å²) in [6.45, 7) is 0.250. The van der Waals surface area contributed by atoms with Crippen LogP contribution in [0.2, 0.25) is 5.02 Å². The number of halogens is 1. The van der Waals surface area contributed by atoms with E-state index in [2.05, 4.69) is 10.5 Å². The molecule has 0 spiro atoms. The lowest BCUT2D eigenvalue weighted by molar-refractivity contribution is -0.384. The second-order valence-corrected chi connectivity index (χ2v) is 6.70. The van der Waals surface area contributed by atoms with Crippen LogP contribution in [-0.4, -0.2) is 24.2 Å². The highest BCUT2D eigenvalue weighted by atomic mass is 35.5. The van der Waals surface area contributed by atoms with Gasteiger partial charge in [0.2, 0.25) is 0 Å². The van der Waals surface area contributed by atoms with Crippen LogP contribution in [0.1, 0.15) is 21.5 Å². The van der Waals surface area contributed by atoms with Gasteiger partial charge in [-0.25, -0.2) is 5.43 Å². The lowest BCUT2D eigenvalue weighted by atomic mass is 10.2. The van der Waals surface area contributed by atoms with E-state index in [4.69, 9.17) is 21.1 Å². The molecule has 0 bridgehead atoms. The van der Waals surface area contributed by atoms with Crippen molar-refractivity contribution in [2.45, 2.75) is 6.61 Å². The maximum absolute atomic E-state index is 12.2. The molecule has 0 aliphatic carbocycles. The van der Waals surface area contributed by atoms with Crippen molar-refractivity contribution < 1.29 is 19.2 Å². The summed E-state index contributed by atoms with van der Waals surface area (Å²) >= 11 is 6.16. The highest BCUT2D eigenvalue weighted by molar-refractivity contribution is 6.31. The molecule has 0 aliphatic heterocycles. The van der Waals surface area contributed by atoms with E-state index in [1.165, 1.54) is 37.6 Å². The third kappa shape index (κ3) is 5.80. The lowest BCUT2D eigenvalue weighted by Gasteiger charge is -2.12. The van der Waals surface area contributed by atoms with E-state index in [0.29, 0.717) is 22.1 Å². The summed E-state index contributed by atoms with van der Waals surface area (Å²) in [5.41, 5.74) is 3.78. The van der Waals surface area contributed by atoms with Gasteiger partial charge in [-0.1, -0.05) is 35.9 Å². The number of benzene rings is 3. The maximum Gasteiger partial charge on any atom is 0.271 e. The smallest absolute Gasteiger partial charge is 0.271 e. The topological polar surface area (TPSA) is 103 Å². The number of non-ortho nitro benzene ring substituents is 1. The van der Waals surface area contributed by atoms with Gasteiger partial charge < -0.3 is 9.47 Å². The van der Waals surface area contributed by atoms with Crippen molar-refractivity contribution in [2.75, 3.05) is 7.11 Å². The molecule has 0 unspecified atom stereocenters. The molecule has 3 aromatic carbocycles. The summed E-state index contributed by atoms with van der Waals surface area (Å²) < 4.78 is 11.2. The number of carbonyl (C=O) groups excluding carboxylic acids is 1. The molecule has 3 aromatic rings. The first kappa shape index (κ1) is 21.8. The van der Waals surface area contributed by atoms with E-state index in [1.54, 1.807) is 24.3 Å². The summed E-state index contributed by atoms with van der Waals surface area (Å²) in [5, 5.41) is 15.3. The highest BCUT2D eigenvalue weighted by Crippen LogP contribution is 2.29. The van der Waals surface area contributed by atoms with E-state index in [-0.39, 0.29) is 17.9 Å². The van der Waals surface area contributed by atoms with Crippen LogP contribution in [0.4, 0.5) is 5.69 Å². The molecule has 0 saturated carbocycles. The Labute approximate surface area is 183 Å². The fraction of sp³-hybridized carbons (Fsp3) is 0.0909. The number of ether oxygens (including phenoxy) is 2. The van der Waals surface area contributed by atoms with Gasteiger partial charge in [0, 0.05) is 28.3 Å². The molecule has 0 aliphatic rings. The Morgan fingerprint density at radius 3 is 2.68 bits per heavy atom. The van der Waals surface area contributed by atoms with Gasteiger partial charge in [0.05, 0.1) is 18.2 Å². The van der Waals surface area contributed by atoms with Gasteiger partial charge in [0.1, 0.15) is 6.61 Å². The van der Waals surface area contributed by atoms with Gasteiger partial charge in [-0.2, -0.15) is 5.10 Å². The first-order valence-electron chi connectivity index (χ1n) is 9.10. The van der Waals surface area contributed by atoms with Crippen LogP contribution in [0.3, 0.4) is 0 Å². The SMILES string of the molecule is COc1ccc(C=NNC(=O)c2cccc([N+](=O)[O-])c2)cc1OCc1ccccc1Cl. The fourth-order valence-corrected chi connectivity index (χ4v) is 2.84. The summed E-state index contributed by atoms with van der Waals surface area (Å²) in [4.78, 5) is 22.4. The monoisotopic (exact) mass is 439 g/mol. The lowest BCUT2D eigenvalue weighted by Crippen LogP contribution is -2.17. The first-order chi connectivity index (χ1) is 15.0. The minimum atomic E-state index is -0.568. The molecule has 0 saturated heterocycles. The minimum Gasteiger partial charge on any atom is -0.493 e. The predicted octanol–water partition coefficient (Wildman–Crippen LogP) is 4.60. The fourth-order valence-electron chi connectivity index (χ4n) is 2.65. The second-order valence-electron chi connectivity index (χ2n) is 6.30. The van der Waals surface area contributed by atoms with Crippen molar-refractivity contribution >= 4 is 29.4 Å². The predicted molar refractivity (Wildman–Crippen MR) is 117 cm³/mol. The molecular weight excluding hydrogens is 422 g/mol. The number of hydrazone groups is 1. The van der Waals surface area contributed by atoms with Gasteiger partial charge in [-0.05, 0) is 35.9 Å². The molecule has 0 atom stereocenters. The molecule has 1 N–H and O–H groups in total.